The van der Waals surface area contributed by atoms with Gasteiger partial charge in [0.25, 0.3) is 5.91 Å². The molecule has 0 radical (unpaired) electrons. The third kappa shape index (κ3) is 14.4. The van der Waals surface area contributed by atoms with Crippen LogP contribution >= 0.6 is 0 Å². The summed E-state index contributed by atoms with van der Waals surface area (Å²) < 4.78 is 11.2. The molecule has 12 heteroatoms. The Morgan fingerprint density at radius 2 is 1.45 bits per heavy atom. The lowest BCUT2D eigenvalue weighted by Gasteiger charge is -2.32. The summed E-state index contributed by atoms with van der Waals surface area (Å²) in [6.07, 6.45) is 6.58. The number of nitrogens with one attached hydrogen (secondary N) is 2. The normalized spacial score (nSPS) is 14.6. The molecule has 0 spiro atoms. The molecule has 0 bridgehead atoms. The highest BCUT2D eigenvalue weighted by molar-refractivity contribution is 5.95. The number of para-hydroxylation sites is 1. The van der Waals surface area contributed by atoms with E-state index in [1.54, 1.807) is 11.9 Å². The number of anilines is 2. The number of hydrogen-bond acceptors (Lipinski definition) is 8. The van der Waals surface area contributed by atoms with Crippen molar-refractivity contribution in [1.29, 1.82) is 0 Å². The Labute approximate surface area is 345 Å². The summed E-state index contributed by atoms with van der Waals surface area (Å²) in [7, 11) is 3.60. The number of amides is 4. The van der Waals surface area contributed by atoms with E-state index in [0.29, 0.717) is 38.0 Å². The van der Waals surface area contributed by atoms with Crippen molar-refractivity contribution in [3.63, 3.8) is 0 Å². The van der Waals surface area contributed by atoms with Crippen molar-refractivity contribution in [2.45, 2.75) is 96.3 Å². The number of nitrogens with zero attached hydrogens (tertiary/aromatic N) is 4. The van der Waals surface area contributed by atoms with Gasteiger partial charge in [-0.15, -0.1) is 0 Å². The second-order valence-electron chi connectivity index (χ2n) is 16.6. The van der Waals surface area contributed by atoms with Gasteiger partial charge >= 0.3 is 12.2 Å². The maximum atomic E-state index is 13.4. The number of hydrogen-bond donors (Lipinski definition) is 2. The molecule has 1 aliphatic heterocycles. The van der Waals surface area contributed by atoms with Gasteiger partial charge in [0.05, 0.1) is 5.69 Å². The molecule has 4 amide bonds. The van der Waals surface area contributed by atoms with E-state index >= 15 is 0 Å². The molecule has 3 aromatic rings. The number of unbranched alkanes of at least 4 members (excludes halogenated alkanes) is 2. The van der Waals surface area contributed by atoms with Gasteiger partial charge < -0.3 is 34.4 Å². The zero-order chi connectivity index (χ0) is 41.5. The van der Waals surface area contributed by atoms with E-state index in [-0.39, 0.29) is 30.1 Å². The molecule has 1 heterocycles. The largest absolute Gasteiger partial charge is 0.446 e. The van der Waals surface area contributed by atoms with Crippen LogP contribution in [0.15, 0.2) is 78.9 Å². The molecule has 0 aromatic heterocycles. The minimum atomic E-state index is -0.540. The number of carbonyl (C=O) groups excluding carboxylic acids is 4. The van der Waals surface area contributed by atoms with Gasteiger partial charge in [-0.05, 0) is 102 Å². The second-order valence-corrected chi connectivity index (χ2v) is 16.6. The van der Waals surface area contributed by atoms with Crippen molar-refractivity contribution in [3.8, 4) is 11.1 Å². The van der Waals surface area contributed by atoms with Gasteiger partial charge in [-0.3, -0.25) is 14.9 Å². The van der Waals surface area contributed by atoms with Crippen LogP contribution in [0.25, 0.3) is 11.1 Å². The summed E-state index contributed by atoms with van der Waals surface area (Å²) in [4.78, 5) is 58.9. The van der Waals surface area contributed by atoms with Gasteiger partial charge in [-0.2, -0.15) is 0 Å². The number of benzene rings is 3. The number of carbonyl (C=O) groups is 4. The van der Waals surface area contributed by atoms with Crippen molar-refractivity contribution < 1.29 is 28.7 Å². The van der Waals surface area contributed by atoms with Crippen LogP contribution in [0.1, 0.15) is 88.9 Å². The van der Waals surface area contributed by atoms with Gasteiger partial charge in [0.2, 0.25) is 5.91 Å². The van der Waals surface area contributed by atoms with Gasteiger partial charge in [0.1, 0.15) is 11.7 Å². The molecule has 58 heavy (non-hydrogen) atoms. The number of rotatable bonds is 19. The van der Waals surface area contributed by atoms with Crippen LogP contribution in [0.3, 0.4) is 0 Å². The molecule has 314 valence electrons. The monoisotopic (exact) mass is 796 g/mol. The third-order valence-electron chi connectivity index (χ3n) is 10.6. The van der Waals surface area contributed by atoms with Gasteiger partial charge in [-0.25, -0.2) is 9.59 Å². The maximum absolute atomic E-state index is 13.4. The standard InChI is InChI=1S/C46H64N6O6/c1-46(2,3)58-45(56)50(5)29-14-30-52(38-24-25-38)43(54)36-20-22-37(23-21-36)47-28-13-7-10-19-42(53)49(4)33-34-51-31-26-39(27-32-51)57-44(55)48-41-18-12-11-17-40(41)35-15-8-6-9-16-35/h6,8-9,11-12,15-18,20-23,38-39,47H,7,10,13-14,19,24-34H2,1-5H3,(H,48,55). The van der Waals surface area contributed by atoms with E-state index in [4.69, 9.17) is 9.47 Å². The smallest absolute Gasteiger partial charge is 0.411 e. The van der Waals surface area contributed by atoms with Crippen molar-refractivity contribution in [2.24, 2.45) is 0 Å². The van der Waals surface area contributed by atoms with Crippen LogP contribution in [0.4, 0.5) is 21.0 Å². The highest BCUT2D eigenvalue weighted by Gasteiger charge is 2.33. The second kappa shape index (κ2) is 21.6. The van der Waals surface area contributed by atoms with Gasteiger partial charge in [0.15, 0.2) is 0 Å². The molecule has 0 unspecified atom stereocenters. The number of likely N-dealkylation sites (tertiary alicyclic amines) is 1. The van der Waals surface area contributed by atoms with Crippen LogP contribution in [-0.2, 0) is 14.3 Å². The van der Waals surface area contributed by atoms with Crippen LogP contribution in [0.5, 0.6) is 0 Å². The molecule has 2 aliphatic rings. The lowest BCUT2D eigenvalue weighted by atomic mass is 10.0. The van der Waals surface area contributed by atoms with E-state index < -0.39 is 11.7 Å². The first-order chi connectivity index (χ1) is 27.9. The van der Waals surface area contributed by atoms with Crippen molar-refractivity contribution >= 4 is 35.4 Å². The third-order valence-corrected chi connectivity index (χ3v) is 10.6. The zero-order valence-corrected chi connectivity index (χ0v) is 35.2. The molecule has 3 aromatic carbocycles. The predicted octanol–water partition coefficient (Wildman–Crippen LogP) is 8.36. The molecule has 5 rings (SSSR count). The fraction of sp³-hybridized carbons (Fsp3) is 0.522. The zero-order valence-electron chi connectivity index (χ0n) is 35.2. The van der Waals surface area contributed by atoms with Crippen molar-refractivity contribution in [2.75, 3.05) is 70.5 Å². The summed E-state index contributed by atoms with van der Waals surface area (Å²) in [6.45, 7) is 10.6. The van der Waals surface area contributed by atoms with Crippen LogP contribution in [0, 0.1) is 0 Å². The quantitative estimate of drug-likeness (QED) is 0.116. The van der Waals surface area contributed by atoms with E-state index in [9.17, 15) is 19.2 Å². The van der Waals surface area contributed by atoms with Crippen LogP contribution in [-0.4, -0.2) is 121 Å². The maximum Gasteiger partial charge on any atom is 0.411 e. The minimum Gasteiger partial charge on any atom is -0.446 e. The van der Waals surface area contributed by atoms with Gasteiger partial charge in [-0.1, -0.05) is 55.0 Å². The summed E-state index contributed by atoms with van der Waals surface area (Å²) in [5, 5.41) is 6.38. The van der Waals surface area contributed by atoms with E-state index in [0.717, 1.165) is 93.6 Å². The topological polar surface area (TPSA) is 124 Å². The fourth-order valence-electron chi connectivity index (χ4n) is 7.06. The lowest BCUT2D eigenvalue weighted by molar-refractivity contribution is -0.130. The Bertz CT molecular complexity index is 1770. The molecule has 1 saturated heterocycles. The number of ether oxygens (including phenoxy) is 2. The van der Waals surface area contributed by atoms with E-state index in [1.807, 2.05) is 116 Å². The van der Waals surface area contributed by atoms with Crippen molar-refractivity contribution in [3.05, 3.63) is 84.4 Å². The Kier molecular flexibility index (Phi) is 16.4. The number of piperidine rings is 1. The molecule has 2 fully saturated rings. The fourth-order valence-corrected chi connectivity index (χ4v) is 7.06. The predicted molar refractivity (Wildman–Crippen MR) is 230 cm³/mol. The van der Waals surface area contributed by atoms with E-state index in [1.165, 1.54) is 0 Å². The lowest BCUT2D eigenvalue weighted by Crippen LogP contribution is -2.42. The molecular weight excluding hydrogens is 733 g/mol. The molecule has 2 N–H and O–H groups in total. The highest BCUT2D eigenvalue weighted by Crippen LogP contribution is 2.30. The highest BCUT2D eigenvalue weighted by atomic mass is 16.6. The summed E-state index contributed by atoms with van der Waals surface area (Å²) >= 11 is 0. The Morgan fingerprint density at radius 3 is 2.14 bits per heavy atom. The molecule has 1 saturated carbocycles. The van der Waals surface area contributed by atoms with Gasteiger partial charge in [0, 0.05) is 89.2 Å². The first-order valence-electron chi connectivity index (χ1n) is 21.0. The molecular formula is C46H64N6O6. The number of likely N-dealkylation sites (N-methyl/N-ethyl adjacent to an activating group) is 1. The van der Waals surface area contributed by atoms with Crippen molar-refractivity contribution in [1.82, 2.24) is 19.6 Å². The molecule has 0 atom stereocenters. The minimum absolute atomic E-state index is 0.0292. The first-order valence-corrected chi connectivity index (χ1v) is 21.0. The van der Waals surface area contributed by atoms with Crippen LogP contribution in [0.2, 0.25) is 0 Å². The Morgan fingerprint density at radius 1 is 0.759 bits per heavy atom. The first kappa shape index (κ1) is 44.0. The Balaban J connectivity index is 0.907. The Hall–Kier alpha value is -5.10. The average molecular weight is 797 g/mol. The van der Waals surface area contributed by atoms with Crippen LogP contribution < -0.4 is 10.6 Å². The average Bonchev–Trinajstić information content (AvgIpc) is 4.06. The molecule has 12 nitrogen and oxygen atoms in total. The summed E-state index contributed by atoms with van der Waals surface area (Å²) in [5.41, 5.74) is 3.80. The van der Waals surface area contributed by atoms with E-state index in [2.05, 4.69) is 15.5 Å². The summed E-state index contributed by atoms with van der Waals surface area (Å²) in [6, 6.07) is 25.6. The summed E-state index contributed by atoms with van der Waals surface area (Å²) in [5.74, 6) is 0.190. The SMILES string of the molecule is CN(CCN1CCC(OC(=O)Nc2ccccc2-c2ccccc2)CC1)C(=O)CCCCCNc1ccc(C(=O)N(CCCN(C)C(=O)OC(C)(C)C)C2CC2)cc1. The molecule has 1 aliphatic carbocycles.